The highest BCUT2D eigenvalue weighted by atomic mass is 16.4. The van der Waals surface area contributed by atoms with Crippen molar-refractivity contribution in [2.75, 3.05) is 0 Å². The van der Waals surface area contributed by atoms with E-state index in [1.54, 1.807) is 6.20 Å². The van der Waals surface area contributed by atoms with Crippen LogP contribution in [0.2, 0.25) is 0 Å². The molecule has 0 saturated carbocycles. The van der Waals surface area contributed by atoms with Gasteiger partial charge in [0.1, 0.15) is 5.76 Å². The zero-order valence-corrected chi connectivity index (χ0v) is 7.87. The van der Waals surface area contributed by atoms with E-state index in [2.05, 4.69) is 18.8 Å². The lowest BCUT2D eigenvalue weighted by Crippen LogP contribution is -2.17. The molecule has 0 amide bonds. The molecule has 0 aliphatic carbocycles. The van der Waals surface area contributed by atoms with E-state index in [1.807, 2.05) is 6.92 Å². The summed E-state index contributed by atoms with van der Waals surface area (Å²) in [5, 5.41) is 0. The van der Waals surface area contributed by atoms with Crippen LogP contribution in [-0.4, -0.2) is 4.98 Å². The maximum atomic E-state index is 5.93. The van der Waals surface area contributed by atoms with Crippen molar-refractivity contribution in [3.05, 3.63) is 17.8 Å². The first-order valence-electron chi connectivity index (χ1n) is 4.33. The lowest BCUT2D eigenvalue weighted by Gasteiger charge is -2.14. The first-order chi connectivity index (χ1) is 5.65. The van der Waals surface area contributed by atoms with Crippen LogP contribution in [0.1, 0.15) is 38.0 Å². The Morgan fingerprint density at radius 2 is 2.33 bits per heavy atom. The minimum atomic E-state index is -0.0174. The summed E-state index contributed by atoms with van der Waals surface area (Å²) in [7, 11) is 0. The quantitative estimate of drug-likeness (QED) is 0.751. The highest BCUT2D eigenvalue weighted by Gasteiger charge is 2.16. The second-order valence-corrected chi connectivity index (χ2v) is 3.19. The van der Waals surface area contributed by atoms with Crippen molar-refractivity contribution in [3.8, 4) is 0 Å². The van der Waals surface area contributed by atoms with E-state index in [-0.39, 0.29) is 6.04 Å². The molecular weight excluding hydrogens is 152 g/mol. The number of oxazole rings is 1. The number of rotatable bonds is 3. The molecule has 2 unspecified atom stereocenters. The van der Waals surface area contributed by atoms with Gasteiger partial charge < -0.3 is 10.2 Å². The second kappa shape index (κ2) is 3.72. The summed E-state index contributed by atoms with van der Waals surface area (Å²) >= 11 is 0. The zero-order valence-electron chi connectivity index (χ0n) is 7.87. The molecular formula is C9H16N2O. The predicted molar refractivity (Wildman–Crippen MR) is 47.6 cm³/mol. The molecule has 1 heterocycles. The molecule has 0 bridgehead atoms. The summed E-state index contributed by atoms with van der Waals surface area (Å²) in [6, 6.07) is -0.0174. The van der Waals surface area contributed by atoms with Crippen LogP contribution in [0.15, 0.2) is 10.6 Å². The average Bonchev–Trinajstić information content (AvgIpc) is 2.49. The fourth-order valence-corrected chi connectivity index (χ4v) is 1.07. The van der Waals surface area contributed by atoms with Crippen molar-refractivity contribution in [2.24, 2.45) is 11.7 Å². The third kappa shape index (κ3) is 1.85. The van der Waals surface area contributed by atoms with E-state index in [0.29, 0.717) is 11.8 Å². The van der Waals surface area contributed by atoms with Gasteiger partial charge in [-0.05, 0) is 5.92 Å². The SMILES string of the molecule is CCC(C)C(N)c1cnc(C)o1. The van der Waals surface area contributed by atoms with E-state index < -0.39 is 0 Å². The Bertz CT molecular complexity index is 244. The third-order valence-electron chi connectivity index (χ3n) is 2.22. The molecule has 0 fully saturated rings. The molecule has 0 aromatic carbocycles. The number of aryl methyl sites for hydroxylation is 1. The van der Waals surface area contributed by atoms with Gasteiger partial charge in [-0.1, -0.05) is 20.3 Å². The van der Waals surface area contributed by atoms with Crippen molar-refractivity contribution in [1.29, 1.82) is 0 Å². The highest BCUT2D eigenvalue weighted by molar-refractivity contribution is 5.00. The van der Waals surface area contributed by atoms with Gasteiger partial charge in [-0.15, -0.1) is 0 Å². The molecule has 0 spiro atoms. The number of nitrogens with two attached hydrogens (primary N) is 1. The summed E-state index contributed by atoms with van der Waals surface area (Å²) in [4.78, 5) is 4.01. The van der Waals surface area contributed by atoms with Crippen LogP contribution < -0.4 is 5.73 Å². The Kier molecular flexibility index (Phi) is 2.87. The number of hydrogen-bond acceptors (Lipinski definition) is 3. The molecule has 0 radical (unpaired) electrons. The molecule has 1 rings (SSSR count). The fraction of sp³-hybridized carbons (Fsp3) is 0.667. The largest absolute Gasteiger partial charge is 0.444 e. The number of aromatic nitrogens is 1. The standard InChI is InChI=1S/C9H16N2O/c1-4-6(2)9(10)8-5-11-7(3)12-8/h5-6,9H,4,10H2,1-3H3. The van der Waals surface area contributed by atoms with Gasteiger partial charge >= 0.3 is 0 Å². The molecule has 0 saturated heterocycles. The third-order valence-corrected chi connectivity index (χ3v) is 2.22. The number of hydrogen-bond donors (Lipinski definition) is 1. The first kappa shape index (κ1) is 9.26. The van der Waals surface area contributed by atoms with Crippen LogP contribution in [0.25, 0.3) is 0 Å². The van der Waals surface area contributed by atoms with E-state index in [9.17, 15) is 0 Å². The Morgan fingerprint density at radius 3 is 2.75 bits per heavy atom. The van der Waals surface area contributed by atoms with Crippen molar-refractivity contribution in [2.45, 2.75) is 33.2 Å². The van der Waals surface area contributed by atoms with Gasteiger partial charge in [0.15, 0.2) is 5.89 Å². The Labute approximate surface area is 73.0 Å². The molecule has 1 aromatic rings. The van der Waals surface area contributed by atoms with Gasteiger partial charge in [0.2, 0.25) is 0 Å². The van der Waals surface area contributed by atoms with Crippen LogP contribution in [0.3, 0.4) is 0 Å². The summed E-state index contributed by atoms with van der Waals surface area (Å²) in [6.45, 7) is 6.06. The van der Waals surface area contributed by atoms with Crippen molar-refractivity contribution >= 4 is 0 Å². The first-order valence-corrected chi connectivity index (χ1v) is 4.33. The zero-order chi connectivity index (χ0) is 9.14. The summed E-state index contributed by atoms with van der Waals surface area (Å²) in [5.41, 5.74) is 5.93. The Morgan fingerprint density at radius 1 is 1.67 bits per heavy atom. The lowest BCUT2D eigenvalue weighted by molar-refractivity contribution is 0.366. The van der Waals surface area contributed by atoms with Crippen LogP contribution in [0, 0.1) is 12.8 Å². The minimum absolute atomic E-state index is 0.0174. The lowest BCUT2D eigenvalue weighted by atomic mass is 9.99. The molecule has 3 nitrogen and oxygen atoms in total. The maximum Gasteiger partial charge on any atom is 0.191 e. The van der Waals surface area contributed by atoms with Crippen molar-refractivity contribution < 1.29 is 4.42 Å². The van der Waals surface area contributed by atoms with E-state index in [1.165, 1.54) is 0 Å². The Hall–Kier alpha value is -0.830. The van der Waals surface area contributed by atoms with Crippen LogP contribution in [0.5, 0.6) is 0 Å². The maximum absolute atomic E-state index is 5.93. The topological polar surface area (TPSA) is 52.0 Å². The highest BCUT2D eigenvalue weighted by Crippen LogP contribution is 2.21. The van der Waals surface area contributed by atoms with E-state index in [0.717, 1.165) is 12.2 Å². The summed E-state index contributed by atoms with van der Waals surface area (Å²) < 4.78 is 5.33. The van der Waals surface area contributed by atoms with Crippen LogP contribution >= 0.6 is 0 Å². The molecule has 1 aromatic heterocycles. The van der Waals surface area contributed by atoms with Gasteiger partial charge in [-0.25, -0.2) is 4.98 Å². The van der Waals surface area contributed by atoms with E-state index in [4.69, 9.17) is 10.2 Å². The predicted octanol–water partition coefficient (Wildman–Crippen LogP) is 2.03. The van der Waals surface area contributed by atoms with E-state index >= 15 is 0 Å². The molecule has 2 N–H and O–H groups in total. The van der Waals surface area contributed by atoms with Crippen molar-refractivity contribution in [3.63, 3.8) is 0 Å². The molecule has 68 valence electrons. The van der Waals surface area contributed by atoms with Gasteiger partial charge in [-0.2, -0.15) is 0 Å². The Balaban J connectivity index is 2.70. The smallest absolute Gasteiger partial charge is 0.191 e. The molecule has 0 aliphatic rings. The summed E-state index contributed by atoms with van der Waals surface area (Å²) in [5.74, 6) is 1.92. The minimum Gasteiger partial charge on any atom is -0.444 e. The van der Waals surface area contributed by atoms with Crippen LogP contribution in [0.4, 0.5) is 0 Å². The van der Waals surface area contributed by atoms with Gasteiger partial charge in [0.25, 0.3) is 0 Å². The monoisotopic (exact) mass is 168 g/mol. The van der Waals surface area contributed by atoms with Gasteiger partial charge in [0.05, 0.1) is 12.2 Å². The molecule has 12 heavy (non-hydrogen) atoms. The average molecular weight is 168 g/mol. The fourth-order valence-electron chi connectivity index (χ4n) is 1.07. The van der Waals surface area contributed by atoms with Crippen LogP contribution in [-0.2, 0) is 0 Å². The van der Waals surface area contributed by atoms with Gasteiger partial charge in [0, 0.05) is 6.92 Å². The molecule has 0 aliphatic heterocycles. The number of nitrogens with zero attached hydrogens (tertiary/aromatic N) is 1. The normalized spacial score (nSPS) is 16.0. The molecule has 2 atom stereocenters. The van der Waals surface area contributed by atoms with Crippen molar-refractivity contribution in [1.82, 2.24) is 4.98 Å². The molecule has 3 heteroatoms. The second-order valence-electron chi connectivity index (χ2n) is 3.19. The van der Waals surface area contributed by atoms with Gasteiger partial charge in [-0.3, -0.25) is 0 Å². The summed E-state index contributed by atoms with van der Waals surface area (Å²) in [6.07, 6.45) is 2.77.